The number of halogens is 1. The molecule has 0 aliphatic carbocycles. The predicted octanol–water partition coefficient (Wildman–Crippen LogP) is 2.02. The molecule has 2 amide bonds. The molecule has 0 unspecified atom stereocenters. The Morgan fingerprint density at radius 2 is 1.71 bits per heavy atom. The molecular weight excluding hydrogens is 309 g/mol. The summed E-state index contributed by atoms with van der Waals surface area (Å²) in [4.78, 5) is 23.2. The van der Waals surface area contributed by atoms with Crippen LogP contribution in [0.25, 0.3) is 0 Å². The lowest BCUT2D eigenvalue weighted by Crippen LogP contribution is -2.31. The van der Waals surface area contributed by atoms with E-state index in [4.69, 9.17) is 0 Å². The minimum absolute atomic E-state index is 0.255. The lowest BCUT2D eigenvalue weighted by molar-refractivity contribution is -0.129. The van der Waals surface area contributed by atoms with Crippen molar-refractivity contribution in [2.24, 2.45) is 5.10 Å². The summed E-state index contributed by atoms with van der Waals surface area (Å²) in [6.07, 6.45) is 1.56. The molecule has 0 radical (unpaired) electrons. The molecule has 0 aliphatic heterocycles. The topological polar surface area (TPSA) is 70.6 Å². The number of carbonyl (C=O) groups is 2. The van der Waals surface area contributed by atoms with Gasteiger partial charge in [-0.15, -0.1) is 0 Å². The Labute approximate surface area is 139 Å². The van der Waals surface area contributed by atoms with Crippen LogP contribution in [0.1, 0.15) is 17.5 Å². The van der Waals surface area contributed by atoms with Crippen molar-refractivity contribution in [3.63, 3.8) is 0 Å². The molecule has 2 rings (SSSR count). The molecule has 0 aromatic heterocycles. The van der Waals surface area contributed by atoms with Gasteiger partial charge in [-0.2, -0.15) is 5.10 Å². The monoisotopic (exact) mass is 327 g/mol. The van der Waals surface area contributed by atoms with E-state index < -0.39 is 11.7 Å². The molecule has 0 aliphatic rings. The Balaban J connectivity index is 1.68. The summed E-state index contributed by atoms with van der Waals surface area (Å²) in [5.74, 6) is -1.38. The van der Waals surface area contributed by atoms with Crippen molar-refractivity contribution in [2.45, 2.75) is 12.8 Å². The molecule has 0 saturated heterocycles. The van der Waals surface area contributed by atoms with Crippen LogP contribution in [0.5, 0.6) is 0 Å². The number of hydrogen-bond donors (Lipinski definition) is 2. The van der Waals surface area contributed by atoms with Gasteiger partial charge in [-0.1, -0.05) is 48.5 Å². The van der Waals surface area contributed by atoms with Crippen LogP contribution in [-0.4, -0.2) is 24.6 Å². The fraction of sp³-hybridized carbons (Fsp3) is 0.167. The molecule has 0 bridgehead atoms. The third-order valence-corrected chi connectivity index (χ3v) is 3.20. The second-order valence-electron chi connectivity index (χ2n) is 5.08. The number of amides is 2. The van der Waals surface area contributed by atoms with E-state index in [0.717, 1.165) is 5.56 Å². The Hall–Kier alpha value is -3.02. The summed E-state index contributed by atoms with van der Waals surface area (Å²) in [5, 5.41) is 6.31. The molecule has 0 fully saturated rings. The van der Waals surface area contributed by atoms with E-state index in [-0.39, 0.29) is 17.9 Å². The highest BCUT2D eigenvalue weighted by molar-refractivity contribution is 5.97. The number of nitrogens with zero attached hydrogens (tertiary/aromatic N) is 1. The SMILES string of the molecule is O=C(CC(=O)N/N=C/c1ccccc1F)NCCc1ccccc1. The van der Waals surface area contributed by atoms with Gasteiger partial charge in [0.2, 0.25) is 11.8 Å². The standard InChI is InChI=1S/C18H18FN3O2/c19-16-9-5-4-8-15(16)13-21-22-18(24)12-17(23)20-11-10-14-6-2-1-3-7-14/h1-9,13H,10-12H2,(H,20,23)(H,22,24)/b21-13+. The van der Waals surface area contributed by atoms with Crippen molar-refractivity contribution < 1.29 is 14.0 Å². The third-order valence-electron chi connectivity index (χ3n) is 3.20. The Bertz CT molecular complexity index is 717. The van der Waals surface area contributed by atoms with Crippen molar-refractivity contribution in [3.8, 4) is 0 Å². The zero-order valence-corrected chi connectivity index (χ0v) is 13.0. The largest absolute Gasteiger partial charge is 0.355 e. The molecule has 0 spiro atoms. The zero-order chi connectivity index (χ0) is 17.2. The molecule has 2 aromatic carbocycles. The van der Waals surface area contributed by atoms with Crippen molar-refractivity contribution in [1.82, 2.24) is 10.7 Å². The molecule has 2 N–H and O–H groups in total. The van der Waals surface area contributed by atoms with E-state index in [1.165, 1.54) is 18.3 Å². The lowest BCUT2D eigenvalue weighted by atomic mass is 10.1. The predicted molar refractivity (Wildman–Crippen MR) is 89.9 cm³/mol. The van der Waals surface area contributed by atoms with Crippen LogP contribution in [0, 0.1) is 5.82 Å². The normalized spacial score (nSPS) is 10.5. The van der Waals surface area contributed by atoms with Gasteiger partial charge in [0.1, 0.15) is 12.2 Å². The second kappa shape index (κ2) is 9.19. The average molecular weight is 327 g/mol. The van der Waals surface area contributed by atoms with E-state index in [1.807, 2.05) is 30.3 Å². The van der Waals surface area contributed by atoms with Gasteiger partial charge < -0.3 is 5.32 Å². The van der Waals surface area contributed by atoms with Gasteiger partial charge in [0.05, 0.1) is 6.21 Å². The molecular formula is C18H18FN3O2. The summed E-state index contributed by atoms with van der Waals surface area (Å²) < 4.78 is 13.3. The van der Waals surface area contributed by atoms with E-state index in [2.05, 4.69) is 15.8 Å². The van der Waals surface area contributed by atoms with E-state index >= 15 is 0 Å². The highest BCUT2D eigenvalue weighted by Gasteiger charge is 2.08. The number of hydrogen-bond acceptors (Lipinski definition) is 3. The second-order valence-corrected chi connectivity index (χ2v) is 5.08. The van der Waals surface area contributed by atoms with Crippen LogP contribution in [-0.2, 0) is 16.0 Å². The van der Waals surface area contributed by atoms with Crippen LogP contribution in [0.4, 0.5) is 4.39 Å². The molecule has 2 aromatic rings. The smallest absolute Gasteiger partial charge is 0.249 e. The van der Waals surface area contributed by atoms with Gasteiger partial charge >= 0.3 is 0 Å². The Kier molecular flexibility index (Phi) is 6.64. The van der Waals surface area contributed by atoms with Crippen LogP contribution in [0.2, 0.25) is 0 Å². The molecule has 0 heterocycles. The van der Waals surface area contributed by atoms with Crippen LogP contribution in [0.15, 0.2) is 59.7 Å². The van der Waals surface area contributed by atoms with Crippen LogP contribution in [0.3, 0.4) is 0 Å². The maximum Gasteiger partial charge on any atom is 0.249 e. The van der Waals surface area contributed by atoms with Gasteiger partial charge in [0.25, 0.3) is 0 Å². The minimum atomic E-state index is -0.556. The number of rotatable bonds is 7. The van der Waals surface area contributed by atoms with Crippen molar-refractivity contribution >= 4 is 18.0 Å². The summed E-state index contributed by atoms with van der Waals surface area (Å²) in [5.41, 5.74) is 3.56. The van der Waals surface area contributed by atoms with E-state index in [9.17, 15) is 14.0 Å². The quantitative estimate of drug-likeness (QED) is 0.464. The maximum absolute atomic E-state index is 13.3. The third kappa shape index (κ3) is 6.00. The van der Waals surface area contributed by atoms with Gasteiger partial charge in [-0.25, -0.2) is 9.82 Å². The van der Waals surface area contributed by atoms with Crippen molar-refractivity contribution in [1.29, 1.82) is 0 Å². The zero-order valence-electron chi connectivity index (χ0n) is 13.0. The van der Waals surface area contributed by atoms with Gasteiger partial charge in [0.15, 0.2) is 0 Å². The Morgan fingerprint density at radius 1 is 1.00 bits per heavy atom. The first-order valence-corrected chi connectivity index (χ1v) is 7.52. The fourth-order valence-electron chi connectivity index (χ4n) is 1.99. The van der Waals surface area contributed by atoms with Gasteiger partial charge in [-0.3, -0.25) is 9.59 Å². The highest BCUT2D eigenvalue weighted by atomic mass is 19.1. The van der Waals surface area contributed by atoms with E-state index in [1.54, 1.807) is 12.1 Å². The van der Waals surface area contributed by atoms with Gasteiger partial charge in [-0.05, 0) is 18.1 Å². The molecule has 24 heavy (non-hydrogen) atoms. The molecule has 6 heteroatoms. The average Bonchev–Trinajstić information content (AvgIpc) is 2.57. The summed E-state index contributed by atoms with van der Waals surface area (Å²) in [7, 11) is 0. The molecule has 124 valence electrons. The summed E-state index contributed by atoms with van der Waals surface area (Å²) >= 11 is 0. The fourth-order valence-corrected chi connectivity index (χ4v) is 1.99. The first kappa shape index (κ1) is 17.3. The van der Waals surface area contributed by atoms with Crippen molar-refractivity contribution in [3.05, 3.63) is 71.5 Å². The number of benzene rings is 2. The number of nitrogens with one attached hydrogen (secondary N) is 2. The molecule has 0 atom stereocenters. The van der Waals surface area contributed by atoms with Crippen LogP contribution >= 0.6 is 0 Å². The maximum atomic E-state index is 13.3. The lowest BCUT2D eigenvalue weighted by Gasteiger charge is -2.04. The Morgan fingerprint density at radius 3 is 2.46 bits per heavy atom. The van der Waals surface area contributed by atoms with Crippen LogP contribution < -0.4 is 10.7 Å². The number of carbonyl (C=O) groups excluding carboxylic acids is 2. The first-order chi connectivity index (χ1) is 11.6. The summed E-state index contributed by atoms with van der Waals surface area (Å²) in [6, 6.07) is 15.8. The van der Waals surface area contributed by atoms with E-state index in [0.29, 0.717) is 13.0 Å². The van der Waals surface area contributed by atoms with Gasteiger partial charge in [0, 0.05) is 12.1 Å². The number of hydrazone groups is 1. The highest BCUT2D eigenvalue weighted by Crippen LogP contribution is 2.02. The molecule has 5 nitrogen and oxygen atoms in total. The minimum Gasteiger partial charge on any atom is -0.355 e. The summed E-state index contributed by atoms with van der Waals surface area (Å²) in [6.45, 7) is 0.453. The first-order valence-electron chi connectivity index (χ1n) is 7.52. The van der Waals surface area contributed by atoms with Crippen molar-refractivity contribution in [2.75, 3.05) is 6.54 Å². The molecule has 0 saturated carbocycles.